The molecule has 2 unspecified atom stereocenters. The molecule has 0 spiro atoms. The van der Waals surface area contributed by atoms with Gasteiger partial charge in [-0.3, -0.25) is 4.90 Å². The molecule has 11 heteroatoms. The predicted octanol–water partition coefficient (Wildman–Crippen LogP) is 6.39. The van der Waals surface area contributed by atoms with Gasteiger partial charge in [0.05, 0.1) is 11.6 Å². The summed E-state index contributed by atoms with van der Waals surface area (Å²) in [6, 6.07) is 12.0. The van der Waals surface area contributed by atoms with Gasteiger partial charge in [0.2, 0.25) is 0 Å². The molecule has 4 aliphatic heterocycles. The number of aromatic nitrogens is 2. The van der Waals surface area contributed by atoms with Crippen molar-refractivity contribution in [1.29, 1.82) is 0 Å². The molecule has 4 aliphatic rings. The van der Waals surface area contributed by atoms with Gasteiger partial charge in [-0.25, -0.2) is 13.2 Å². The minimum absolute atomic E-state index is 0.0370. The topological polar surface area (TPSA) is 73.8 Å². The van der Waals surface area contributed by atoms with Gasteiger partial charge in [-0.15, -0.1) is 0 Å². The standard InChI is InChI=1S/C32H33ClF3N5O2/c33-26-14-25-29(28(34)27(26)24-13-22(42)12-19-6-1-2-9-23(19)24)38-31(43-18-32(35,36)17-40-10-3-4-11-40)39-30(25)41-16-20-7-5-8-21(41)15-37-20/h1-2,6,9,12-14,20-21,37,42H,3-5,7-8,10-11,15-18H2. The van der Waals surface area contributed by atoms with Crippen LogP contribution in [0.1, 0.15) is 32.1 Å². The molecule has 2 N–H and O–H groups in total. The van der Waals surface area contributed by atoms with Crippen LogP contribution in [-0.2, 0) is 0 Å². The van der Waals surface area contributed by atoms with E-state index in [0.29, 0.717) is 47.2 Å². The second kappa shape index (κ2) is 11.3. The number of hydrogen-bond acceptors (Lipinski definition) is 7. The molecule has 1 aromatic heterocycles. The van der Waals surface area contributed by atoms with Crippen molar-refractivity contribution in [3.63, 3.8) is 0 Å². The normalized spacial score (nSPS) is 21.2. The fourth-order valence-corrected chi connectivity index (χ4v) is 7.14. The monoisotopic (exact) mass is 611 g/mol. The molecule has 5 heterocycles. The minimum Gasteiger partial charge on any atom is -0.508 e. The van der Waals surface area contributed by atoms with Gasteiger partial charge in [0.15, 0.2) is 12.4 Å². The lowest BCUT2D eigenvalue weighted by Crippen LogP contribution is -2.54. The van der Waals surface area contributed by atoms with Crippen LogP contribution in [0.15, 0.2) is 42.5 Å². The predicted molar refractivity (Wildman–Crippen MR) is 162 cm³/mol. The molecule has 226 valence electrons. The van der Waals surface area contributed by atoms with Gasteiger partial charge in [-0.05, 0) is 79.7 Å². The molecular formula is C32H33ClF3N5O2. The number of piperazine rings is 1. The van der Waals surface area contributed by atoms with Crippen molar-refractivity contribution in [2.24, 2.45) is 0 Å². The fourth-order valence-electron chi connectivity index (χ4n) is 6.85. The fraction of sp³-hybridized carbons (Fsp3) is 0.438. The third kappa shape index (κ3) is 5.56. The molecule has 0 aliphatic carbocycles. The highest BCUT2D eigenvalue weighted by Gasteiger charge is 2.36. The van der Waals surface area contributed by atoms with Crippen molar-refractivity contribution < 1.29 is 23.0 Å². The average molecular weight is 612 g/mol. The number of anilines is 1. The zero-order valence-corrected chi connectivity index (χ0v) is 24.4. The number of likely N-dealkylation sites (tertiary alicyclic amines) is 1. The zero-order valence-electron chi connectivity index (χ0n) is 23.6. The van der Waals surface area contributed by atoms with E-state index in [0.717, 1.165) is 38.6 Å². The first-order valence-corrected chi connectivity index (χ1v) is 15.3. The molecule has 8 rings (SSSR count). The molecule has 7 nitrogen and oxygen atoms in total. The molecule has 4 aromatic rings. The molecule has 0 radical (unpaired) electrons. The Morgan fingerprint density at radius 3 is 2.70 bits per heavy atom. The Balaban J connectivity index is 1.35. The Kier molecular flexibility index (Phi) is 7.47. The van der Waals surface area contributed by atoms with Crippen molar-refractivity contribution in [1.82, 2.24) is 20.2 Å². The first-order valence-electron chi connectivity index (χ1n) is 14.9. The van der Waals surface area contributed by atoms with Crippen LogP contribution in [-0.4, -0.2) is 77.3 Å². The number of nitrogens with one attached hydrogen (secondary N) is 1. The second-order valence-corrected chi connectivity index (χ2v) is 12.4. The zero-order chi connectivity index (χ0) is 29.7. The van der Waals surface area contributed by atoms with Crippen molar-refractivity contribution in [2.45, 2.75) is 50.1 Å². The number of halogens is 4. The number of benzene rings is 3. The summed E-state index contributed by atoms with van der Waals surface area (Å²) in [5.74, 6) is -3.47. The summed E-state index contributed by atoms with van der Waals surface area (Å²) in [6.07, 6.45) is 4.77. The summed E-state index contributed by atoms with van der Waals surface area (Å²) in [4.78, 5) is 12.8. The van der Waals surface area contributed by atoms with Gasteiger partial charge in [-0.1, -0.05) is 35.9 Å². The largest absolute Gasteiger partial charge is 0.508 e. The molecule has 3 aromatic carbocycles. The van der Waals surface area contributed by atoms with Crippen LogP contribution >= 0.6 is 11.6 Å². The van der Waals surface area contributed by atoms with Gasteiger partial charge in [0, 0.05) is 36.1 Å². The van der Waals surface area contributed by atoms with E-state index in [1.54, 1.807) is 17.0 Å². The maximum absolute atomic E-state index is 16.7. The first kappa shape index (κ1) is 28.4. The number of fused-ring (bicyclic) bond motifs is 6. The molecule has 43 heavy (non-hydrogen) atoms. The number of ether oxygens (including phenoxy) is 1. The maximum atomic E-state index is 16.7. The lowest BCUT2D eigenvalue weighted by Gasteiger charge is -2.38. The van der Waals surface area contributed by atoms with E-state index < -0.39 is 24.9 Å². The van der Waals surface area contributed by atoms with Gasteiger partial charge < -0.3 is 20.1 Å². The Labute approximate surface area is 252 Å². The van der Waals surface area contributed by atoms with Gasteiger partial charge in [0.25, 0.3) is 5.92 Å². The number of nitrogens with zero attached hydrogens (tertiary/aromatic N) is 4. The number of rotatable bonds is 7. The van der Waals surface area contributed by atoms with E-state index in [1.165, 1.54) is 6.07 Å². The van der Waals surface area contributed by atoms with E-state index in [1.807, 2.05) is 24.3 Å². The van der Waals surface area contributed by atoms with Crippen LogP contribution in [0, 0.1) is 5.82 Å². The van der Waals surface area contributed by atoms with Crippen LogP contribution < -0.4 is 15.0 Å². The molecule has 0 saturated carbocycles. The minimum atomic E-state index is -3.13. The van der Waals surface area contributed by atoms with E-state index in [4.69, 9.17) is 16.3 Å². The van der Waals surface area contributed by atoms with Crippen LogP contribution in [0.25, 0.3) is 32.8 Å². The first-order chi connectivity index (χ1) is 20.8. The third-order valence-corrected chi connectivity index (χ3v) is 9.18. The number of alkyl halides is 2. The quantitative estimate of drug-likeness (QED) is 0.251. The second-order valence-electron chi connectivity index (χ2n) is 12.0. The molecular weight excluding hydrogens is 579 g/mol. The van der Waals surface area contributed by atoms with Gasteiger partial charge in [0.1, 0.15) is 17.1 Å². The number of aromatic hydroxyl groups is 1. The van der Waals surface area contributed by atoms with Crippen molar-refractivity contribution in [2.75, 3.05) is 44.2 Å². The highest BCUT2D eigenvalue weighted by Crippen LogP contribution is 2.43. The lowest BCUT2D eigenvalue weighted by atomic mass is 9.96. The number of hydrogen-bond donors (Lipinski definition) is 2. The summed E-state index contributed by atoms with van der Waals surface area (Å²) in [6.45, 7) is 1.32. The summed E-state index contributed by atoms with van der Waals surface area (Å²) in [5.41, 5.74) is 0.399. The Bertz CT molecular complexity index is 1680. The molecule has 4 saturated heterocycles. The highest BCUT2D eigenvalue weighted by molar-refractivity contribution is 6.35. The molecule has 0 amide bonds. The highest BCUT2D eigenvalue weighted by atomic mass is 35.5. The Hall–Kier alpha value is -3.34. The van der Waals surface area contributed by atoms with E-state index >= 15 is 4.39 Å². The molecule has 2 atom stereocenters. The maximum Gasteiger partial charge on any atom is 0.319 e. The average Bonchev–Trinajstić information content (AvgIpc) is 3.27. The number of phenols is 1. The summed E-state index contributed by atoms with van der Waals surface area (Å²) < 4.78 is 52.2. The molecule has 4 fully saturated rings. The third-order valence-electron chi connectivity index (χ3n) is 8.89. The molecule has 2 bridgehead atoms. The van der Waals surface area contributed by atoms with Crippen molar-refractivity contribution in [3.8, 4) is 22.9 Å². The Morgan fingerprint density at radius 2 is 1.86 bits per heavy atom. The van der Waals surface area contributed by atoms with Crippen LogP contribution in [0.3, 0.4) is 0 Å². The van der Waals surface area contributed by atoms with E-state index in [2.05, 4.69) is 20.2 Å². The SMILES string of the molecule is Oc1cc(-c2c(Cl)cc3c(N4CC5CCCC4CN5)nc(OCC(F)(F)CN4CCCC4)nc3c2F)c2ccccc2c1. The van der Waals surface area contributed by atoms with Crippen molar-refractivity contribution in [3.05, 3.63) is 53.3 Å². The van der Waals surface area contributed by atoms with Crippen LogP contribution in [0.5, 0.6) is 11.8 Å². The number of phenolic OH excluding ortho intramolecular Hbond substituents is 1. The van der Waals surface area contributed by atoms with E-state index in [9.17, 15) is 13.9 Å². The Morgan fingerprint density at radius 1 is 1.05 bits per heavy atom. The van der Waals surface area contributed by atoms with E-state index in [-0.39, 0.29) is 39.9 Å². The smallest absolute Gasteiger partial charge is 0.319 e. The van der Waals surface area contributed by atoms with Crippen molar-refractivity contribution >= 4 is 39.1 Å². The summed E-state index contributed by atoms with van der Waals surface area (Å²) in [5, 5.41) is 16.0. The van der Waals surface area contributed by atoms with Crippen LogP contribution in [0.2, 0.25) is 5.02 Å². The summed E-state index contributed by atoms with van der Waals surface area (Å²) in [7, 11) is 0. The summed E-state index contributed by atoms with van der Waals surface area (Å²) >= 11 is 6.82. The van der Waals surface area contributed by atoms with Gasteiger partial charge in [-0.2, -0.15) is 9.97 Å². The lowest BCUT2D eigenvalue weighted by molar-refractivity contribution is -0.0634. The van der Waals surface area contributed by atoms with Gasteiger partial charge >= 0.3 is 6.01 Å². The van der Waals surface area contributed by atoms with Crippen LogP contribution in [0.4, 0.5) is 19.0 Å².